The molecular weight excluding hydrogens is 525 g/mol. The van der Waals surface area contributed by atoms with Crippen molar-refractivity contribution in [2.24, 2.45) is 17.8 Å². The van der Waals surface area contributed by atoms with E-state index in [2.05, 4.69) is 4.74 Å². The van der Waals surface area contributed by atoms with Crippen molar-refractivity contribution in [2.45, 2.75) is 127 Å². The second kappa shape index (κ2) is 19.7. The highest BCUT2D eigenvalue weighted by Gasteiger charge is 2.37. The van der Waals surface area contributed by atoms with E-state index in [4.69, 9.17) is 23.0 Å². The molecule has 0 N–H and O–H groups in total. The van der Waals surface area contributed by atoms with Gasteiger partial charge in [-0.05, 0) is 80.1 Å². The summed E-state index contributed by atoms with van der Waals surface area (Å²) in [6, 6.07) is 0. The van der Waals surface area contributed by atoms with E-state index in [1.807, 2.05) is 96.9 Å². The van der Waals surface area contributed by atoms with Gasteiger partial charge >= 0.3 is 20.1 Å². The van der Waals surface area contributed by atoms with E-state index in [0.717, 1.165) is 0 Å². The highest BCUT2D eigenvalue weighted by atomic mass is 31.2. The Hall–Kier alpha value is -1.35. The van der Waals surface area contributed by atoms with Gasteiger partial charge in [-0.25, -0.2) is 14.2 Å². The molecule has 0 rings (SSSR count). The number of phosphoric acid groups is 1. The Morgan fingerprint density at radius 3 is 1.41 bits per heavy atom. The highest BCUT2D eigenvalue weighted by molar-refractivity contribution is 7.48. The zero-order valence-corrected chi connectivity index (χ0v) is 28.8. The molecule has 39 heavy (non-hydrogen) atoms. The largest absolute Gasteiger partial charge is 0.508 e. The first-order valence-corrected chi connectivity index (χ1v) is 15.2. The van der Waals surface area contributed by atoms with E-state index < -0.39 is 25.2 Å². The quantitative estimate of drug-likeness (QED) is 0.184. The predicted octanol–water partition coefficient (Wildman–Crippen LogP) is 8.33. The number of phosphoric ester groups is 1. The summed E-state index contributed by atoms with van der Waals surface area (Å²) in [7, 11) is -0.164. The maximum atomic E-state index is 12.5. The number of hydrogen-bond acceptors (Lipinski definition) is 9. The van der Waals surface area contributed by atoms with Gasteiger partial charge in [0.1, 0.15) is 12.2 Å². The van der Waals surface area contributed by atoms with Crippen molar-refractivity contribution in [2.75, 3.05) is 27.3 Å². The molecule has 1 amide bonds. The summed E-state index contributed by atoms with van der Waals surface area (Å²) in [5.74, 6) is 0.980. The van der Waals surface area contributed by atoms with Crippen LogP contribution < -0.4 is 0 Å². The van der Waals surface area contributed by atoms with Crippen LogP contribution in [0.2, 0.25) is 0 Å². The summed E-state index contributed by atoms with van der Waals surface area (Å²) in [5.41, 5.74) is -1.14. The Bertz CT molecular complexity index is 691. The van der Waals surface area contributed by atoms with E-state index in [-0.39, 0.29) is 24.2 Å². The lowest BCUT2D eigenvalue weighted by molar-refractivity contribution is 0.000170. The van der Waals surface area contributed by atoms with Crippen LogP contribution in [0.4, 0.5) is 9.59 Å². The smallest absolute Gasteiger partial charge is 0.446 e. The second-order valence-corrected chi connectivity index (χ2v) is 14.0. The van der Waals surface area contributed by atoms with Crippen LogP contribution in [0.15, 0.2) is 0 Å². The Morgan fingerprint density at radius 1 is 0.744 bits per heavy atom. The summed E-state index contributed by atoms with van der Waals surface area (Å²) in [5, 5.41) is 0. The lowest BCUT2D eigenvalue weighted by Crippen LogP contribution is -2.28. The lowest BCUT2D eigenvalue weighted by Gasteiger charge is -2.31. The topological polar surface area (TPSA) is 110 Å². The molecule has 0 aromatic carbocycles. The monoisotopic (exact) mass is 585 g/mol. The molecule has 10 nitrogen and oxygen atoms in total. The normalized spacial score (nSPS) is 13.5. The van der Waals surface area contributed by atoms with Crippen molar-refractivity contribution >= 4 is 20.1 Å². The summed E-state index contributed by atoms with van der Waals surface area (Å²) in [6.45, 7) is 29.1. The third-order valence-electron chi connectivity index (χ3n) is 4.41. The molecule has 0 bridgehead atoms. The summed E-state index contributed by atoms with van der Waals surface area (Å²) < 4.78 is 43.3. The maximum absolute atomic E-state index is 12.5. The van der Waals surface area contributed by atoms with Crippen LogP contribution in [0, 0.1) is 17.8 Å². The minimum Gasteiger partial charge on any atom is -0.446 e. The number of hydrogen-bond donors (Lipinski definition) is 0. The summed E-state index contributed by atoms with van der Waals surface area (Å²) >= 11 is 0. The zero-order chi connectivity index (χ0) is 31.8. The van der Waals surface area contributed by atoms with Crippen LogP contribution >= 0.6 is 7.82 Å². The van der Waals surface area contributed by atoms with Gasteiger partial charge in [0, 0.05) is 14.1 Å². The number of ether oxygens (including phenoxy) is 3. The van der Waals surface area contributed by atoms with Crippen LogP contribution in [-0.4, -0.2) is 67.9 Å². The molecule has 0 aromatic heterocycles. The van der Waals surface area contributed by atoms with Crippen LogP contribution in [0.3, 0.4) is 0 Å². The fourth-order valence-corrected chi connectivity index (χ4v) is 3.79. The van der Waals surface area contributed by atoms with Gasteiger partial charge in [-0.3, -0.25) is 13.6 Å². The molecule has 0 fully saturated rings. The molecule has 0 aliphatic carbocycles. The van der Waals surface area contributed by atoms with Gasteiger partial charge in [0.2, 0.25) is 0 Å². The molecule has 236 valence electrons. The van der Waals surface area contributed by atoms with Crippen molar-refractivity contribution in [3.05, 3.63) is 0 Å². The molecule has 2 unspecified atom stereocenters. The van der Waals surface area contributed by atoms with Crippen LogP contribution in [0.25, 0.3) is 0 Å². The first kappa shape index (κ1) is 42.1. The zero-order valence-electron chi connectivity index (χ0n) is 27.9. The van der Waals surface area contributed by atoms with Crippen molar-refractivity contribution in [3.63, 3.8) is 0 Å². The van der Waals surface area contributed by atoms with Crippen LogP contribution in [0.1, 0.15) is 104 Å². The number of carbonyl (C=O) groups is 2. The average Bonchev–Trinajstić information content (AvgIpc) is 2.70. The fourth-order valence-electron chi connectivity index (χ4n) is 1.82. The van der Waals surface area contributed by atoms with Gasteiger partial charge in [-0.2, -0.15) is 0 Å². The summed E-state index contributed by atoms with van der Waals surface area (Å²) in [4.78, 5) is 23.1. The second-order valence-electron chi connectivity index (χ2n) is 12.5. The van der Waals surface area contributed by atoms with Gasteiger partial charge in [0.05, 0.1) is 24.4 Å². The fraction of sp³-hybridized carbons (Fsp3) is 0.929. The van der Waals surface area contributed by atoms with Gasteiger partial charge in [-0.1, -0.05) is 41.5 Å². The molecular formula is C28H60NO9P. The van der Waals surface area contributed by atoms with Crippen molar-refractivity contribution in [1.82, 2.24) is 4.90 Å². The van der Waals surface area contributed by atoms with Gasteiger partial charge in [0.15, 0.2) is 0 Å². The van der Waals surface area contributed by atoms with E-state index >= 15 is 0 Å². The number of nitrogens with zero attached hydrogens (tertiary/aromatic N) is 1. The molecule has 0 aliphatic rings. The van der Waals surface area contributed by atoms with Crippen molar-refractivity contribution in [3.8, 4) is 0 Å². The van der Waals surface area contributed by atoms with Crippen molar-refractivity contribution in [1.29, 1.82) is 0 Å². The van der Waals surface area contributed by atoms with E-state index in [1.165, 1.54) is 4.90 Å². The Balaban J connectivity index is -0.000000519. The molecule has 0 saturated carbocycles. The minimum atomic E-state index is -3.52. The predicted molar refractivity (Wildman–Crippen MR) is 157 cm³/mol. The molecule has 0 aromatic rings. The van der Waals surface area contributed by atoms with Crippen molar-refractivity contribution < 1.29 is 41.9 Å². The molecule has 0 saturated heterocycles. The van der Waals surface area contributed by atoms with Gasteiger partial charge < -0.3 is 19.1 Å². The standard InChI is InChI=1S/C12H27O4P.C8H17NO2.C8H16O3/c1-10(2)9-14-17(13,15-11(3,4)5)16-12(6,7)8;1-6(2)7(3)11-8(10)9(4)5;1-5-10-8(9)11-7(4)6(2)3/h10H,9H2,1-8H3;6-7H,1-5H3;6-7H,5H2,1-4H3. The maximum Gasteiger partial charge on any atom is 0.508 e. The molecule has 0 heterocycles. The molecule has 11 heteroatoms. The lowest BCUT2D eigenvalue weighted by atomic mass is 10.1. The van der Waals surface area contributed by atoms with E-state index in [0.29, 0.717) is 25.0 Å². The van der Waals surface area contributed by atoms with Crippen LogP contribution in [0.5, 0.6) is 0 Å². The molecule has 0 spiro atoms. The highest BCUT2D eigenvalue weighted by Crippen LogP contribution is 2.55. The van der Waals surface area contributed by atoms with Gasteiger partial charge in [-0.15, -0.1) is 0 Å². The van der Waals surface area contributed by atoms with Crippen LogP contribution in [-0.2, 0) is 32.3 Å². The molecule has 2 atom stereocenters. The first-order chi connectivity index (χ1) is 17.4. The third kappa shape index (κ3) is 28.0. The Labute approximate surface area is 239 Å². The average molecular weight is 586 g/mol. The SMILES string of the molecule is CC(C)C(C)OC(=O)N(C)C.CC(C)COP(=O)(OC(C)(C)C)OC(C)(C)C.CCOC(=O)OC(C)C(C)C. The number of rotatable bonds is 10. The molecule has 0 radical (unpaired) electrons. The van der Waals surface area contributed by atoms with E-state index in [9.17, 15) is 14.2 Å². The summed E-state index contributed by atoms with van der Waals surface area (Å²) in [6.07, 6.45) is -0.932. The number of amides is 1. The van der Waals surface area contributed by atoms with E-state index in [1.54, 1.807) is 21.0 Å². The first-order valence-electron chi connectivity index (χ1n) is 13.7. The Morgan fingerprint density at radius 2 is 1.13 bits per heavy atom. The number of carbonyl (C=O) groups excluding carboxylic acids is 2. The minimum absolute atomic E-state index is 0.00935. The van der Waals surface area contributed by atoms with Gasteiger partial charge in [0.25, 0.3) is 0 Å². The molecule has 0 aliphatic heterocycles. The Kier molecular flexibility index (Phi) is 21.3. The third-order valence-corrected chi connectivity index (χ3v) is 6.42.